The van der Waals surface area contributed by atoms with E-state index in [1.54, 1.807) is 23.0 Å². The summed E-state index contributed by atoms with van der Waals surface area (Å²) in [5, 5.41) is 21.0. The van der Waals surface area contributed by atoms with E-state index in [-0.39, 0.29) is 5.75 Å². The number of nitrogens with zero attached hydrogens (tertiary/aromatic N) is 3. The Morgan fingerprint density at radius 1 is 1.43 bits per heavy atom. The first-order valence-electron chi connectivity index (χ1n) is 6.41. The molecule has 0 saturated heterocycles. The lowest BCUT2D eigenvalue weighted by Crippen LogP contribution is -1.99. The van der Waals surface area contributed by atoms with Crippen LogP contribution in [0.3, 0.4) is 0 Å². The maximum Gasteiger partial charge on any atom is 0.216 e. The molecular formula is C13H14Br2N4OS. The predicted octanol–water partition coefficient (Wildman–Crippen LogP) is 4.40. The van der Waals surface area contributed by atoms with Gasteiger partial charge in [-0.1, -0.05) is 13.3 Å². The molecule has 0 spiro atoms. The Morgan fingerprint density at radius 2 is 2.10 bits per heavy atom. The molecule has 1 aromatic heterocycles. The number of aromatic hydroxyl groups is 1. The number of hydrogen-bond acceptors (Lipinski definition) is 4. The lowest BCUT2D eigenvalue weighted by Gasteiger charge is -2.03. The monoisotopic (exact) mass is 432 g/mol. The summed E-state index contributed by atoms with van der Waals surface area (Å²) < 4.78 is 3.29. The van der Waals surface area contributed by atoms with Crippen LogP contribution in [-0.2, 0) is 6.42 Å². The summed E-state index contributed by atoms with van der Waals surface area (Å²) >= 11 is 11.8. The fourth-order valence-corrected chi connectivity index (χ4v) is 3.14. The Hall–Kier alpha value is -0.990. The number of benzene rings is 1. The molecular weight excluding hydrogens is 420 g/mol. The summed E-state index contributed by atoms with van der Waals surface area (Å²) in [5.41, 5.74) is 0.830. The summed E-state index contributed by atoms with van der Waals surface area (Å²) in [6.45, 7) is 2.13. The van der Waals surface area contributed by atoms with Crippen molar-refractivity contribution in [3.8, 4) is 5.75 Å². The topological polar surface area (TPSA) is 66.2 Å². The number of nitrogens with one attached hydrogen (secondary N) is 1. The van der Waals surface area contributed by atoms with Crippen LogP contribution in [0.2, 0.25) is 0 Å². The van der Waals surface area contributed by atoms with Gasteiger partial charge in [0.25, 0.3) is 0 Å². The van der Waals surface area contributed by atoms with Crippen LogP contribution in [0.4, 0.5) is 0 Å². The second-order valence-electron chi connectivity index (χ2n) is 4.44. The maximum atomic E-state index is 9.69. The van der Waals surface area contributed by atoms with Crippen LogP contribution < -0.4 is 0 Å². The van der Waals surface area contributed by atoms with Gasteiger partial charge in [-0.2, -0.15) is 14.9 Å². The first-order valence-corrected chi connectivity index (χ1v) is 8.41. The normalized spacial score (nSPS) is 11.4. The summed E-state index contributed by atoms with van der Waals surface area (Å²) in [6, 6.07) is 3.55. The number of phenolic OH excluding ortho intramolecular Hbond substituents is 1. The van der Waals surface area contributed by atoms with E-state index in [0.717, 1.165) is 30.7 Å². The highest BCUT2D eigenvalue weighted by atomic mass is 79.9. The lowest BCUT2D eigenvalue weighted by atomic mass is 10.2. The fourth-order valence-electron chi connectivity index (χ4n) is 1.72. The van der Waals surface area contributed by atoms with Crippen LogP contribution in [0.1, 0.15) is 31.2 Å². The molecule has 0 fully saturated rings. The lowest BCUT2D eigenvalue weighted by molar-refractivity contribution is 0.468. The van der Waals surface area contributed by atoms with Crippen molar-refractivity contribution in [3.05, 3.63) is 37.2 Å². The average molecular weight is 434 g/mol. The number of unbranched alkanes of at least 4 members (excludes halogenated alkanes) is 1. The van der Waals surface area contributed by atoms with Crippen LogP contribution in [0.5, 0.6) is 5.75 Å². The molecule has 8 heteroatoms. The van der Waals surface area contributed by atoms with Crippen molar-refractivity contribution >= 4 is 50.3 Å². The molecule has 112 valence electrons. The summed E-state index contributed by atoms with van der Waals surface area (Å²) in [5.74, 6) is 0.978. The molecule has 1 heterocycles. The molecule has 0 aliphatic carbocycles. The number of halogens is 2. The molecule has 0 radical (unpaired) electrons. The van der Waals surface area contributed by atoms with E-state index < -0.39 is 0 Å². The van der Waals surface area contributed by atoms with Gasteiger partial charge in [0.1, 0.15) is 5.75 Å². The Kier molecular flexibility index (Phi) is 5.72. The predicted molar refractivity (Wildman–Crippen MR) is 92.5 cm³/mol. The third kappa shape index (κ3) is 4.02. The molecule has 0 aliphatic rings. The summed E-state index contributed by atoms with van der Waals surface area (Å²) in [6.07, 6.45) is 4.62. The highest BCUT2D eigenvalue weighted by molar-refractivity contribution is 9.11. The maximum absolute atomic E-state index is 9.69. The number of aryl methyl sites for hydroxylation is 1. The highest BCUT2D eigenvalue weighted by Gasteiger charge is 2.06. The van der Waals surface area contributed by atoms with E-state index in [4.69, 9.17) is 12.2 Å². The average Bonchev–Trinajstić information content (AvgIpc) is 2.80. The van der Waals surface area contributed by atoms with Gasteiger partial charge in [0.05, 0.1) is 15.2 Å². The molecule has 0 atom stereocenters. The van der Waals surface area contributed by atoms with Gasteiger partial charge >= 0.3 is 0 Å². The Bertz CT molecular complexity index is 700. The van der Waals surface area contributed by atoms with Crippen molar-refractivity contribution in [2.75, 3.05) is 0 Å². The molecule has 0 aliphatic heterocycles. The van der Waals surface area contributed by atoms with Gasteiger partial charge in [-0.25, -0.2) is 0 Å². The largest absolute Gasteiger partial charge is 0.506 e. The summed E-state index contributed by atoms with van der Waals surface area (Å²) in [7, 11) is 0. The van der Waals surface area contributed by atoms with Crippen molar-refractivity contribution in [2.24, 2.45) is 5.10 Å². The van der Waals surface area contributed by atoms with Gasteiger partial charge < -0.3 is 5.11 Å². The Morgan fingerprint density at radius 3 is 2.71 bits per heavy atom. The Balaban J connectivity index is 2.29. The van der Waals surface area contributed by atoms with Crippen molar-refractivity contribution < 1.29 is 5.11 Å². The minimum Gasteiger partial charge on any atom is -0.506 e. The highest BCUT2D eigenvalue weighted by Crippen LogP contribution is 2.32. The standard InChI is InChI=1S/C13H14Br2N4OS/c1-2-3-4-11-17-18-13(21)19(11)16-7-8-5-9(14)12(20)10(15)6-8/h5-7,20H,2-4H2,1H3,(H,18,21)/b16-7-. The van der Waals surface area contributed by atoms with Crippen molar-refractivity contribution in [3.63, 3.8) is 0 Å². The first kappa shape index (κ1) is 16.4. The second-order valence-corrected chi connectivity index (χ2v) is 6.53. The smallest absolute Gasteiger partial charge is 0.216 e. The molecule has 1 aromatic carbocycles. The van der Waals surface area contributed by atoms with Crippen LogP contribution >= 0.6 is 44.1 Å². The third-order valence-electron chi connectivity index (χ3n) is 2.83. The molecule has 2 rings (SSSR count). The number of hydrogen-bond donors (Lipinski definition) is 2. The molecule has 2 N–H and O–H groups in total. The molecule has 0 saturated carbocycles. The van der Waals surface area contributed by atoms with Gasteiger partial charge in [0.15, 0.2) is 5.82 Å². The number of H-pyrrole nitrogens is 1. The van der Waals surface area contributed by atoms with Crippen LogP contribution in [0.15, 0.2) is 26.2 Å². The van der Waals surface area contributed by atoms with Crippen molar-refractivity contribution in [1.29, 1.82) is 0 Å². The van der Waals surface area contributed by atoms with E-state index in [2.05, 4.69) is 54.1 Å². The molecule has 2 aromatic rings. The fraction of sp³-hybridized carbons (Fsp3) is 0.308. The third-order valence-corrected chi connectivity index (χ3v) is 4.31. The molecule has 0 amide bonds. The van der Waals surface area contributed by atoms with E-state index in [0.29, 0.717) is 13.7 Å². The molecule has 0 bridgehead atoms. The number of phenols is 1. The van der Waals surface area contributed by atoms with E-state index in [1.165, 1.54) is 0 Å². The number of rotatable bonds is 5. The van der Waals surface area contributed by atoms with Crippen molar-refractivity contribution in [2.45, 2.75) is 26.2 Å². The zero-order valence-electron chi connectivity index (χ0n) is 11.3. The van der Waals surface area contributed by atoms with Gasteiger partial charge in [-0.15, -0.1) is 0 Å². The molecule has 21 heavy (non-hydrogen) atoms. The molecule has 0 unspecified atom stereocenters. The molecule has 5 nitrogen and oxygen atoms in total. The van der Waals surface area contributed by atoms with Gasteiger partial charge in [-0.3, -0.25) is 5.10 Å². The second kappa shape index (κ2) is 7.33. The summed E-state index contributed by atoms with van der Waals surface area (Å²) in [4.78, 5) is 0. The van der Waals surface area contributed by atoms with Crippen molar-refractivity contribution in [1.82, 2.24) is 14.9 Å². The van der Waals surface area contributed by atoms with E-state index >= 15 is 0 Å². The Labute approximate surface area is 144 Å². The first-order chi connectivity index (χ1) is 10.0. The van der Waals surface area contributed by atoms with Gasteiger partial charge in [0, 0.05) is 6.42 Å². The van der Waals surface area contributed by atoms with Gasteiger partial charge in [0.2, 0.25) is 4.77 Å². The van der Waals surface area contributed by atoms with E-state index in [9.17, 15) is 5.11 Å². The SMILES string of the molecule is CCCCc1n[nH]c(=S)n1/N=C\c1cc(Br)c(O)c(Br)c1. The minimum atomic E-state index is 0.163. The van der Waals surface area contributed by atoms with Crippen LogP contribution in [0, 0.1) is 4.77 Å². The quantitative estimate of drug-likeness (QED) is 0.542. The number of aromatic nitrogens is 3. The zero-order valence-corrected chi connectivity index (χ0v) is 15.3. The van der Waals surface area contributed by atoms with Gasteiger partial charge in [-0.05, 0) is 68.2 Å². The minimum absolute atomic E-state index is 0.163. The zero-order chi connectivity index (χ0) is 15.4. The van der Waals surface area contributed by atoms with E-state index in [1.807, 2.05) is 0 Å². The van der Waals surface area contributed by atoms with Crippen LogP contribution in [-0.4, -0.2) is 26.2 Å². The number of aromatic amines is 1. The van der Waals surface area contributed by atoms with Crippen LogP contribution in [0.25, 0.3) is 0 Å².